The molecule has 0 saturated heterocycles. The monoisotopic (exact) mass is 251 g/mol. The highest BCUT2D eigenvalue weighted by Gasteiger charge is 2.28. The number of hydrogen-bond acceptors (Lipinski definition) is 1. The minimum absolute atomic E-state index is 0.529. The van der Waals surface area contributed by atoms with Crippen molar-refractivity contribution in [3.05, 3.63) is 34.3 Å². The molecule has 1 aromatic rings. The number of nitrogens with one attached hydrogen (secondary N) is 1. The van der Waals surface area contributed by atoms with E-state index in [9.17, 15) is 0 Å². The average Bonchev–Trinajstić information content (AvgIpc) is 2.22. The van der Waals surface area contributed by atoms with Crippen molar-refractivity contribution < 1.29 is 0 Å². The highest BCUT2D eigenvalue weighted by Crippen LogP contribution is 2.39. The number of rotatable bonds is 5. The number of aryl methyl sites for hydroxylation is 1. The summed E-state index contributed by atoms with van der Waals surface area (Å²) < 4.78 is 0. The Morgan fingerprint density at radius 2 is 2.18 bits per heavy atom. The molecule has 1 unspecified atom stereocenters. The molecule has 0 heterocycles. The largest absolute Gasteiger partial charge is 0.310 e. The van der Waals surface area contributed by atoms with Crippen molar-refractivity contribution in [2.75, 3.05) is 6.54 Å². The van der Waals surface area contributed by atoms with Crippen LogP contribution in [0.1, 0.15) is 49.8 Å². The molecule has 1 saturated carbocycles. The third-order valence-corrected chi connectivity index (χ3v) is 4.04. The van der Waals surface area contributed by atoms with Crippen molar-refractivity contribution in [1.82, 2.24) is 5.32 Å². The second-order valence-corrected chi connectivity index (χ2v) is 5.56. The fourth-order valence-corrected chi connectivity index (χ4v) is 2.82. The highest BCUT2D eigenvalue weighted by molar-refractivity contribution is 6.30. The number of hydrogen-bond donors (Lipinski definition) is 1. The Morgan fingerprint density at radius 1 is 1.41 bits per heavy atom. The van der Waals surface area contributed by atoms with E-state index in [0.717, 1.165) is 17.5 Å². The average molecular weight is 252 g/mol. The Hall–Kier alpha value is -0.530. The zero-order valence-corrected chi connectivity index (χ0v) is 11.6. The zero-order valence-electron chi connectivity index (χ0n) is 10.8. The molecule has 0 spiro atoms. The minimum Gasteiger partial charge on any atom is -0.310 e. The van der Waals surface area contributed by atoms with Crippen LogP contribution in [0.4, 0.5) is 0 Å². The standard InChI is InChI=1S/C15H22ClN/c1-3-9-17-15(12-5-4-6-12)14-8-7-13(16)10-11(14)2/h7-8,10,12,15,17H,3-6,9H2,1-2H3. The lowest BCUT2D eigenvalue weighted by molar-refractivity contribution is 0.230. The zero-order chi connectivity index (χ0) is 12.3. The van der Waals surface area contributed by atoms with Crippen LogP contribution < -0.4 is 5.32 Å². The lowest BCUT2D eigenvalue weighted by atomic mass is 9.76. The third kappa shape index (κ3) is 3.02. The molecule has 0 radical (unpaired) electrons. The van der Waals surface area contributed by atoms with Gasteiger partial charge in [0.05, 0.1) is 0 Å². The van der Waals surface area contributed by atoms with Crippen LogP contribution in [0.25, 0.3) is 0 Å². The highest BCUT2D eigenvalue weighted by atomic mass is 35.5. The van der Waals surface area contributed by atoms with Gasteiger partial charge < -0.3 is 5.32 Å². The normalized spacial score (nSPS) is 17.8. The van der Waals surface area contributed by atoms with Gasteiger partial charge in [0, 0.05) is 11.1 Å². The van der Waals surface area contributed by atoms with Crippen molar-refractivity contribution in [2.24, 2.45) is 5.92 Å². The van der Waals surface area contributed by atoms with Gasteiger partial charge >= 0.3 is 0 Å². The SMILES string of the molecule is CCCNC(c1ccc(Cl)cc1C)C1CCC1. The van der Waals surface area contributed by atoms with Gasteiger partial charge in [-0.25, -0.2) is 0 Å². The van der Waals surface area contributed by atoms with E-state index in [1.54, 1.807) is 0 Å². The van der Waals surface area contributed by atoms with Gasteiger partial charge in [-0.3, -0.25) is 0 Å². The van der Waals surface area contributed by atoms with Crippen molar-refractivity contribution in [3.8, 4) is 0 Å². The first-order valence-corrected chi connectivity index (χ1v) is 7.09. The predicted octanol–water partition coefficient (Wildman–Crippen LogP) is 4.49. The van der Waals surface area contributed by atoms with Gasteiger partial charge in [0.1, 0.15) is 0 Å². The lowest BCUT2D eigenvalue weighted by Crippen LogP contribution is -2.33. The Kier molecular flexibility index (Phi) is 4.47. The summed E-state index contributed by atoms with van der Waals surface area (Å²) in [6.07, 6.45) is 5.31. The quantitative estimate of drug-likeness (QED) is 0.813. The molecule has 1 aliphatic carbocycles. The van der Waals surface area contributed by atoms with Gasteiger partial charge in [0.25, 0.3) is 0 Å². The van der Waals surface area contributed by atoms with E-state index >= 15 is 0 Å². The van der Waals surface area contributed by atoms with E-state index in [1.165, 1.54) is 36.8 Å². The molecule has 17 heavy (non-hydrogen) atoms. The van der Waals surface area contributed by atoms with Crippen LogP contribution in [-0.2, 0) is 0 Å². The Balaban J connectivity index is 2.17. The maximum atomic E-state index is 6.03. The molecule has 2 rings (SSSR count). The second-order valence-electron chi connectivity index (χ2n) is 5.12. The maximum absolute atomic E-state index is 6.03. The summed E-state index contributed by atoms with van der Waals surface area (Å²) in [6.45, 7) is 5.49. The third-order valence-electron chi connectivity index (χ3n) is 3.80. The summed E-state index contributed by atoms with van der Waals surface area (Å²) in [5.41, 5.74) is 2.76. The summed E-state index contributed by atoms with van der Waals surface area (Å²) in [5.74, 6) is 0.821. The van der Waals surface area contributed by atoms with Crippen molar-refractivity contribution in [2.45, 2.75) is 45.6 Å². The molecular formula is C15H22ClN. The molecule has 1 atom stereocenters. The molecule has 1 aromatic carbocycles. The van der Waals surface area contributed by atoms with Gasteiger partial charge in [-0.15, -0.1) is 0 Å². The molecule has 1 aliphatic rings. The molecule has 0 aliphatic heterocycles. The van der Waals surface area contributed by atoms with Crippen LogP contribution in [0.2, 0.25) is 5.02 Å². The summed E-state index contributed by atoms with van der Waals surface area (Å²) >= 11 is 6.03. The summed E-state index contributed by atoms with van der Waals surface area (Å²) in [6, 6.07) is 6.82. The Bertz CT molecular complexity index is 371. The molecule has 0 amide bonds. The molecular weight excluding hydrogens is 230 g/mol. The maximum Gasteiger partial charge on any atom is 0.0408 e. The molecule has 1 fully saturated rings. The minimum atomic E-state index is 0.529. The van der Waals surface area contributed by atoms with Crippen LogP contribution in [0.15, 0.2) is 18.2 Å². The van der Waals surface area contributed by atoms with Crippen molar-refractivity contribution in [3.63, 3.8) is 0 Å². The van der Waals surface area contributed by atoms with Gasteiger partial charge in [-0.2, -0.15) is 0 Å². The molecule has 1 N–H and O–H groups in total. The number of benzene rings is 1. The first kappa shape index (κ1) is 12.9. The van der Waals surface area contributed by atoms with Crippen LogP contribution in [0, 0.1) is 12.8 Å². The summed E-state index contributed by atoms with van der Waals surface area (Å²) in [7, 11) is 0. The van der Waals surface area contributed by atoms with Gasteiger partial charge in [0.2, 0.25) is 0 Å². The van der Waals surface area contributed by atoms with Gasteiger partial charge in [-0.05, 0) is 61.9 Å². The summed E-state index contributed by atoms with van der Waals surface area (Å²) in [4.78, 5) is 0. The molecule has 94 valence electrons. The molecule has 0 bridgehead atoms. The van der Waals surface area contributed by atoms with Crippen LogP contribution in [0.3, 0.4) is 0 Å². The lowest BCUT2D eigenvalue weighted by Gasteiger charge is -2.35. The smallest absolute Gasteiger partial charge is 0.0408 e. The topological polar surface area (TPSA) is 12.0 Å². The van der Waals surface area contributed by atoms with E-state index in [1.807, 2.05) is 6.07 Å². The van der Waals surface area contributed by atoms with E-state index in [2.05, 4.69) is 31.3 Å². The predicted molar refractivity (Wildman–Crippen MR) is 74.6 cm³/mol. The summed E-state index contributed by atoms with van der Waals surface area (Å²) in [5, 5.41) is 4.55. The number of halogens is 1. The van der Waals surface area contributed by atoms with E-state index in [-0.39, 0.29) is 0 Å². The first-order chi connectivity index (χ1) is 8.22. The molecule has 0 aromatic heterocycles. The van der Waals surface area contributed by atoms with Crippen LogP contribution in [0.5, 0.6) is 0 Å². The molecule has 2 heteroatoms. The Labute approximate surface area is 110 Å². The van der Waals surface area contributed by atoms with E-state index < -0.39 is 0 Å². The van der Waals surface area contributed by atoms with E-state index in [4.69, 9.17) is 11.6 Å². The van der Waals surface area contributed by atoms with Crippen LogP contribution >= 0.6 is 11.6 Å². The van der Waals surface area contributed by atoms with Gasteiger partial charge in [0.15, 0.2) is 0 Å². The first-order valence-electron chi connectivity index (χ1n) is 6.71. The fraction of sp³-hybridized carbons (Fsp3) is 0.600. The van der Waals surface area contributed by atoms with Gasteiger partial charge in [-0.1, -0.05) is 31.0 Å². The van der Waals surface area contributed by atoms with Crippen molar-refractivity contribution in [1.29, 1.82) is 0 Å². The van der Waals surface area contributed by atoms with Crippen LogP contribution in [-0.4, -0.2) is 6.54 Å². The Morgan fingerprint density at radius 3 is 2.71 bits per heavy atom. The van der Waals surface area contributed by atoms with E-state index in [0.29, 0.717) is 6.04 Å². The van der Waals surface area contributed by atoms with Crippen molar-refractivity contribution >= 4 is 11.6 Å². The molecule has 1 nitrogen and oxygen atoms in total. The fourth-order valence-electron chi connectivity index (χ4n) is 2.59. The second kappa shape index (κ2) is 5.88.